The third-order valence-electron chi connectivity index (χ3n) is 5.58. The zero-order chi connectivity index (χ0) is 19.2. The lowest BCUT2D eigenvalue weighted by atomic mass is 9.78. The first kappa shape index (κ1) is 19.7. The van der Waals surface area contributed by atoms with Crippen LogP contribution in [0.15, 0.2) is 46.9 Å². The van der Waals surface area contributed by atoms with Crippen LogP contribution in [0.1, 0.15) is 69.2 Å². The Kier molecular flexibility index (Phi) is 6.73. The molecule has 0 spiro atoms. The number of hydrogen-bond acceptors (Lipinski definition) is 2. The van der Waals surface area contributed by atoms with Gasteiger partial charge in [-0.2, -0.15) is 0 Å². The third-order valence-corrected chi connectivity index (χ3v) is 6.48. The maximum absolute atomic E-state index is 6.11. The van der Waals surface area contributed by atoms with Gasteiger partial charge in [0.2, 0.25) is 0 Å². The molecule has 0 aliphatic heterocycles. The van der Waals surface area contributed by atoms with E-state index in [-0.39, 0.29) is 0 Å². The van der Waals surface area contributed by atoms with Crippen molar-refractivity contribution in [3.8, 4) is 0 Å². The Balaban J connectivity index is 0.00000102. The van der Waals surface area contributed by atoms with E-state index in [1.807, 2.05) is 31.4 Å². The van der Waals surface area contributed by atoms with Gasteiger partial charge in [0.1, 0.15) is 5.84 Å². The number of thiophene rings is 1. The van der Waals surface area contributed by atoms with E-state index in [4.69, 9.17) is 5.73 Å². The highest BCUT2D eigenvalue weighted by Gasteiger charge is 2.23. The Morgan fingerprint density at radius 1 is 1.19 bits per heavy atom. The van der Waals surface area contributed by atoms with E-state index in [1.54, 1.807) is 11.3 Å². The Bertz CT molecular complexity index is 868. The molecule has 0 unspecified atom stereocenters. The maximum atomic E-state index is 6.11. The number of amidine groups is 1. The Morgan fingerprint density at radius 3 is 2.63 bits per heavy atom. The summed E-state index contributed by atoms with van der Waals surface area (Å²) in [5.74, 6) is 2.21. The normalized spacial score (nSPS) is 20.3. The van der Waals surface area contributed by atoms with Crippen LogP contribution in [0.5, 0.6) is 0 Å². The molecule has 0 bridgehead atoms. The van der Waals surface area contributed by atoms with Crippen molar-refractivity contribution in [3.05, 3.63) is 52.3 Å². The average Bonchev–Trinajstić information content (AvgIpc) is 3.39. The molecule has 2 heterocycles. The molecule has 0 saturated heterocycles. The minimum Gasteiger partial charge on any atom is -0.383 e. The molecule has 0 radical (unpaired) electrons. The molecule has 1 aliphatic carbocycles. The highest BCUT2D eigenvalue weighted by Crippen LogP contribution is 2.40. The van der Waals surface area contributed by atoms with Gasteiger partial charge in [0.25, 0.3) is 0 Å². The molecule has 27 heavy (non-hydrogen) atoms. The van der Waals surface area contributed by atoms with E-state index in [2.05, 4.69) is 41.3 Å². The van der Waals surface area contributed by atoms with Crippen molar-refractivity contribution in [2.24, 2.45) is 16.6 Å². The van der Waals surface area contributed by atoms with Crippen LogP contribution in [0.25, 0.3) is 10.9 Å². The number of nitrogens with two attached hydrogens (primary N) is 1. The van der Waals surface area contributed by atoms with Crippen molar-refractivity contribution in [1.29, 1.82) is 0 Å². The molecule has 3 nitrogen and oxygen atoms in total. The van der Waals surface area contributed by atoms with Crippen molar-refractivity contribution < 1.29 is 0 Å². The lowest BCUT2D eigenvalue weighted by Crippen LogP contribution is -2.12. The van der Waals surface area contributed by atoms with E-state index < -0.39 is 0 Å². The Morgan fingerprint density at radius 2 is 1.96 bits per heavy atom. The smallest absolute Gasteiger partial charge is 0.141 e. The van der Waals surface area contributed by atoms with Crippen molar-refractivity contribution in [1.82, 2.24) is 4.98 Å². The van der Waals surface area contributed by atoms with Gasteiger partial charge in [-0.3, -0.25) is 0 Å². The monoisotopic (exact) mass is 381 g/mol. The van der Waals surface area contributed by atoms with Crippen molar-refractivity contribution in [3.63, 3.8) is 0 Å². The summed E-state index contributed by atoms with van der Waals surface area (Å²) in [5.41, 5.74) is 9.66. The number of aliphatic imine (C=N–C) groups is 1. The lowest BCUT2D eigenvalue weighted by Gasteiger charge is -2.27. The molecule has 4 heteroatoms. The van der Waals surface area contributed by atoms with Gasteiger partial charge in [-0.1, -0.05) is 39.3 Å². The molecule has 3 N–H and O–H groups in total. The molecule has 0 atom stereocenters. The van der Waals surface area contributed by atoms with Crippen molar-refractivity contribution in [2.75, 3.05) is 0 Å². The second-order valence-electron chi connectivity index (χ2n) is 7.07. The van der Waals surface area contributed by atoms with Crippen LogP contribution in [-0.2, 0) is 0 Å². The second kappa shape index (κ2) is 9.23. The zero-order valence-electron chi connectivity index (χ0n) is 16.7. The highest BCUT2D eigenvalue weighted by atomic mass is 32.1. The predicted molar refractivity (Wildman–Crippen MR) is 119 cm³/mol. The lowest BCUT2D eigenvalue weighted by molar-refractivity contribution is 0.319. The molecular weight excluding hydrogens is 350 g/mol. The number of hydrogen-bond donors (Lipinski definition) is 2. The minimum atomic E-state index is 0.582. The maximum Gasteiger partial charge on any atom is 0.141 e. The van der Waals surface area contributed by atoms with Crippen molar-refractivity contribution in [2.45, 2.75) is 58.8 Å². The van der Waals surface area contributed by atoms with Crippen LogP contribution in [0.3, 0.4) is 0 Å². The average molecular weight is 382 g/mol. The van der Waals surface area contributed by atoms with E-state index >= 15 is 0 Å². The summed E-state index contributed by atoms with van der Waals surface area (Å²) in [7, 11) is 0. The fourth-order valence-corrected chi connectivity index (χ4v) is 4.67. The van der Waals surface area contributed by atoms with Crippen LogP contribution in [-0.4, -0.2) is 10.8 Å². The van der Waals surface area contributed by atoms with E-state index in [0.717, 1.165) is 22.0 Å². The molecule has 0 amide bonds. The number of rotatable bonds is 4. The fraction of sp³-hybridized carbons (Fsp3) is 0.435. The second-order valence-corrected chi connectivity index (χ2v) is 8.02. The minimum absolute atomic E-state index is 0.582. The highest BCUT2D eigenvalue weighted by molar-refractivity contribution is 7.12. The molecule has 144 valence electrons. The quantitative estimate of drug-likeness (QED) is 0.372. The summed E-state index contributed by atoms with van der Waals surface area (Å²) in [4.78, 5) is 9.04. The standard InChI is InChI=1S/C21H25N3S.C2H6/c1-2-14-5-7-15(8-6-14)18-13-23-19-12-16(9-10-17(18)19)24-21(22)20-4-3-11-25-20;1-2/h3-4,9-15,23H,2,5-8H2,1H3,(H2,22,24);1-2H3. The molecule has 1 aromatic carbocycles. The number of nitrogens with zero attached hydrogens (tertiary/aromatic N) is 1. The van der Waals surface area contributed by atoms with Crippen LogP contribution in [0, 0.1) is 5.92 Å². The summed E-state index contributed by atoms with van der Waals surface area (Å²) in [5, 5.41) is 3.36. The summed E-state index contributed by atoms with van der Waals surface area (Å²) in [6.07, 6.45) is 8.90. The van der Waals surface area contributed by atoms with Gasteiger partial charge in [0.15, 0.2) is 0 Å². The van der Waals surface area contributed by atoms with Gasteiger partial charge in [0, 0.05) is 17.1 Å². The predicted octanol–water partition coefficient (Wildman–Crippen LogP) is 6.98. The molecule has 1 fully saturated rings. The Labute approximate surface area is 166 Å². The molecule has 1 saturated carbocycles. The molecular formula is C23H31N3S. The van der Waals surface area contributed by atoms with E-state index in [9.17, 15) is 0 Å². The van der Waals surface area contributed by atoms with Gasteiger partial charge in [-0.25, -0.2) is 4.99 Å². The summed E-state index contributed by atoms with van der Waals surface area (Å²) >= 11 is 1.62. The van der Waals surface area contributed by atoms with Gasteiger partial charge < -0.3 is 10.7 Å². The number of benzene rings is 1. The largest absolute Gasteiger partial charge is 0.383 e. The Hall–Kier alpha value is -2.07. The molecule has 2 aromatic heterocycles. The first-order valence-corrected chi connectivity index (χ1v) is 11.1. The third kappa shape index (κ3) is 4.44. The topological polar surface area (TPSA) is 54.2 Å². The van der Waals surface area contributed by atoms with Crippen LogP contribution in [0.2, 0.25) is 0 Å². The SMILES string of the molecule is CC.CCC1CCC(c2c[nH]c3cc(N=C(N)c4cccs4)ccc23)CC1. The van der Waals surface area contributed by atoms with Gasteiger partial charge in [0.05, 0.1) is 10.6 Å². The fourth-order valence-electron chi connectivity index (χ4n) is 4.04. The number of nitrogens with one attached hydrogen (secondary N) is 1. The van der Waals surface area contributed by atoms with Crippen molar-refractivity contribution >= 4 is 33.8 Å². The van der Waals surface area contributed by atoms with Gasteiger partial charge in [-0.15, -0.1) is 11.3 Å². The van der Waals surface area contributed by atoms with Gasteiger partial charge >= 0.3 is 0 Å². The molecule has 3 aromatic rings. The molecule has 4 rings (SSSR count). The number of H-pyrrole nitrogens is 1. The number of aromatic nitrogens is 1. The first-order valence-electron chi connectivity index (χ1n) is 10.2. The number of fused-ring (bicyclic) bond motifs is 1. The van der Waals surface area contributed by atoms with E-state index in [1.165, 1.54) is 43.1 Å². The summed E-state index contributed by atoms with van der Waals surface area (Å²) < 4.78 is 0. The summed E-state index contributed by atoms with van der Waals surface area (Å²) in [6.45, 7) is 6.32. The van der Waals surface area contributed by atoms with Gasteiger partial charge in [-0.05, 0) is 66.7 Å². The first-order chi connectivity index (χ1) is 13.2. The van der Waals surface area contributed by atoms with Crippen LogP contribution in [0.4, 0.5) is 5.69 Å². The molecule has 1 aliphatic rings. The zero-order valence-corrected chi connectivity index (χ0v) is 17.5. The van der Waals surface area contributed by atoms with Crippen LogP contribution < -0.4 is 5.73 Å². The van der Waals surface area contributed by atoms with E-state index in [0.29, 0.717) is 11.8 Å². The number of aromatic amines is 1. The van der Waals surface area contributed by atoms with Crippen LogP contribution >= 0.6 is 11.3 Å². The summed E-state index contributed by atoms with van der Waals surface area (Å²) in [6, 6.07) is 10.4.